The van der Waals surface area contributed by atoms with Crippen LogP contribution in [0.15, 0.2) is 23.8 Å². The number of esters is 2. The number of hydrogen-bond donors (Lipinski definition) is 1. The molecule has 0 aromatic carbocycles. The van der Waals surface area contributed by atoms with Crippen molar-refractivity contribution in [1.29, 1.82) is 0 Å². The number of aliphatic hydroxyl groups is 1. The number of allylic oxidation sites excluding steroid dienone is 4. The van der Waals surface area contributed by atoms with E-state index in [0.29, 0.717) is 31.3 Å². The highest BCUT2D eigenvalue weighted by Crippen LogP contribution is 2.69. The number of cyclic esters (lactones) is 1. The Balaban J connectivity index is 1.51. The lowest BCUT2D eigenvalue weighted by atomic mass is 9.47. The first kappa shape index (κ1) is 25.7. The molecular formula is C28H36O7S. The van der Waals surface area contributed by atoms with Crippen LogP contribution in [-0.2, 0) is 28.7 Å². The van der Waals surface area contributed by atoms with Gasteiger partial charge in [0.05, 0.1) is 19.6 Å². The van der Waals surface area contributed by atoms with E-state index in [1.165, 1.54) is 5.57 Å². The maximum absolute atomic E-state index is 14.1. The van der Waals surface area contributed by atoms with Gasteiger partial charge in [-0.3, -0.25) is 19.2 Å². The molecule has 8 atom stereocenters. The van der Waals surface area contributed by atoms with Crippen molar-refractivity contribution in [1.82, 2.24) is 0 Å². The monoisotopic (exact) mass is 516 g/mol. The number of hydrogen-bond acceptors (Lipinski definition) is 8. The molecule has 0 spiro atoms. The standard InChI is InChI=1S/C28H36O7S/c1-16-14-21-19-5-4-17-15-18(30)6-10-26(17,2)20(19)7-11-27(21,3)28(16,35-23(31)8-12-29)25(33)36-22-9-13-34-24(22)32/h6,10,15-16,19-22,29H,4-5,7-9,11-14H2,1-3H3/t16-,19+,20-,21-,22?,26-,27-,28-/m0/s1. The molecule has 8 heteroatoms. The Morgan fingerprint density at radius 3 is 2.67 bits per heavy atom. The SMILES string of the molecule is C[C@H]1C[C@H]2[C@@H]3CCC4=CC(=O)C=C[C@]4(C)[C@H]3CC[C@]2(C)[C@@]1(OC(=O)CCO)C(=O)SC1CCOC1=O. The minimum Gasteiger partial charge on any atom is -0.465 e. The van der Waals surface area contributed by atoms with Gasteiger partial charge >= 0.3 is 11.9 Å². The summed E-state index contributed by atoms with van der Waals surface area (Å²) in [6, 6.07) is 0. The molecule has 0 radical (unpaired) electrons. The van der Waals surface area contributed by atoms with E-state index in [0.717, 1.165) is 37.4 Å². The van der Waals surface area contributed by atoms with E-state index in [9.17, 15) is 24.3 Å². The lowest BCUT2D eigenvalue weighted by Crippen LogP contribution is -2.60. The summed E-state index contributed by atoms with van der Waals surface area (Å²) < 4.78 is 11.3. The van der Waals surface area contributed by atoms with E-state index in [-0.39, 0.29) is 47.1 Å². The molecule has 0 amide bonds. The molecule has 0 aromatic heterocycles. The lowest BCUT2D eigenvalue weighted by molar-refractivity contribution is -0.190. The number of carbonyl (C=O) groups is 4. The minimum absolute atomic E-state index is 0.0546. The zero-order valence-corrected chi connectivity index (χ0v) is 22.1. The third-order valence-electron chi connectivity index (χ3n) is 10.1. The highest BCUT2D eigenvalue weighted by Gasteiger charge is 2.71. The minimum atomic E-state index is -1.36. The van der Waals surface area contributed by atoms with Gasteiger partial charge in [0.15, 0.2) is 11.4 Å². The van der Waals surface area contributed by atoms with Crippen LogP contribution in [0.4, 0.5) is 0 Å². The van der Waals surface area contributed by atoms with Crippen molar-refractivity contribution in [2.45, 2.75) is 76.6 Å². The van der Waals surface area contributed by atoms with Gasteiger partial charge in [0.25, 0.3) is 0 Å². The third kappa shape index (κ3) is 3.65. The molecule has 4 fully saturated rings. The Kier molecular flexibility index (Phi) is 6.51. The average molecular weight is 517 g/mol. The van der Waals surface area contributed by atoms with E-state index in [4.69, 9.17) is 9.47 Å². The first-order valence-corrected chi connectivity index (χ1v) is 14.1. The summed E-state index contributed by atoms with van der Waals surface area (Å²) >= 11 is 0.966. The predicted octanol–water partition coefficient (Wildman–Crippen LogP) is 3.78. The molecule has 196 valence electrons. The van der Waals surface area contributed by atoms with E-state index >= 15 is 0 Å². The summed E-state index contributed by atoms with van der Waals surface area (Å²) in [5.41, 5.74) is -0.917. The molecular weight excluding hydrogens is 480 g/mol. The quantitative estimate of drug-likeness (QED) is 0.550. The predicted molar refractivity (Wildman–Crippen MR) is 134 cm³/mol. The summed E-state index contributed by atoms with van der Waals surface area (Å²) in [6.45, 7) is 6.28. The Morgan fingerprint density at radius 1 is 1.19 bits per heavy atom. The molecule has 36 heavy (non-hydrogen) atoms. The van der Waals surface area contributed by atoms with E-state index in [2.05, 4.69) is 19.9 Å². The number of rotatable bonds is 5. The van der Waals surface area contributed by atoms with Crippen LogP contribution in [0, 0.1) is 34.5 Å². The second-order valence-corrected chi connectivity index (χ2v) is 12.9. The molecule has 3 saturated carbocycles. The van der Waals surface area contributed by atoms with Crippen LogP contribution in [0.1, 0.15) is 65.7 Å². The largest absolute Gasteiger partial charge is 0.465 e. The van der Waals surface area contributed by atoms with Crippen LogP contribution in [0.2, 0.25) is 0 Å². The summed E-state index contributed by atoms with van der Waals surface area (Å²) in [5.74, 6) is -0.288. The van der Waals surface area contributed by atoms with Gasteiger partial charge in [0.1, 0.15) is 5.25 Å². The fraction of sp³-hybridized carbons (Fsp3) is 0.714. The molecule has 1 heterocycles. The smallest absolute Gasteiger partial charge is 0.319 e. The van der Waals surface area contributed by atoms with Crippen LogP contribution in [0.5, 0.6) is 0 Å². The number of ether oxygens (including phenoxy) is 2. The molecule has 1 unspecified atom stereocenters. The van der Waals surface area contributed by atoms with E-state index in [1.807, 2.05) is 13.0 Å². The van der Waals surface area contributed by atoms with Crippen LogP contribution in [0.25, 0.3) is 0 Å². The van der Waals surface area contributed by atoms with Gasteiger partial charge in [0.2, 0.25) is 5.12 Å². The van der Waals surface area contributed by atoms with Crippen molar-refractivity contribution >= 4 is 34.6 Å². The second-order valence-electron chi connectivity index (χ2n) is 11.7. The van der Waals surface area contributed by atoms with Crippen molar-refractivity contribution in [3.63, 3.8) is 0 Å². The Hall–Kier alpha value is -1.93. The molecule has 1 N–H and O–H groups in total. The second kappa shape index (κ2) is 9.12. The first-order chi connectivity index (χ1) is 17.1. The van der Waals surface area contributed by atoms with Crippen LogP contribution >= 0.6 is 11.8 Å². The van der Waals surface area contributed by atoms with Crippen molar-refractivity contribution < 1.29 is 33.8 Å². The lowest BCUT2D eigenvalue weighted by Gasteiger charge is -2.58. The van der Waals surface area contributed by atoms with Gasteiger partial charge in [-0.25, -0.2) is 0 Å². The zero-order chi connectivity index (χ0) is 25.9. The van der Waals surface area contributed by atoms with Crippen LogP contribution in [0.3, 0.4) is 0 Å². The summed E-state index contributed by atoms with van der Waals surface area (Å²) in [7, 11) is 0. The molecule has 4 aliphatic carbocycles. The van der Waals surface area contributed by atoms with Gasteiger partial charge < -0.3 is 14.6 Å². The number of ketones is 1. The molecule has 0 bridgehead atoms. The number of fused-ring (bicyclic) bond motifs is 5. The zero-order valence-electron chi connectivity index (χ0n) is 21.3. The van der Waals surface area contributed by atoms with Crippen molar-refractivity contribution in [3.8, 4) is 0 Å². The Labute approximate surface area is 216 Å². The normalized spacial score (nSPS) is 43.2. The summed E-state index contributed by atoms with van der Waals surface area (Å²) in [5, 5.41) is 8.54. The number of carbonyl (C=O) groups excluding carboxylic acids is 4. The van der Waals surface area contributed by atoms with Gasteiger partial charge in [-0.1, -0.05) is 44.2 Å². The number of thioether (sulfide) groups is 1. The van der Waals surface area contributed by atoms with Crippen LogP contribution < -0.4 is 0 Å². The highest BCUT2D eigenvalue weighted by molar-refractivity contribution is 8.14. The maximum Gasteiger partial charge on any atom is 0.319 e. The maximum atomic E-state index is 14.1. The van der Waals surface area contributed by atoms with E-state index in [1.54, 1.807) is 6.08 Å². The molecule has 5 rings (SSSR count). The fourth-order valence-electron chi connectivity index (χ4n) is 8.34. The van der Waals surface area contributed by atoms with Gasteiger partial charge in [0, 0.05) is 23.2 Å². The van der Waals surface area contributed by atoms with Crippen molar-refractivity contribution in [2.75, 3.05) is 13.2 Å². The fourth-order valence-corrected chi connectivity index (χ4v) is 9.63. The molecule has 7 nitrogen and oxygen atoms in total. The van der Waals surface area contributed by atoms with E-state index < -0.39 is 22.2 Å². The number of aliphatic hydroxyl groups excluding tert-OH is 1. The van der Waals surface area contributed by atoms with Gasteiger partial charge in [-0.2, -0.15) is 0 Å². The van der Waals surface area contributed by atoms with Crippen molar-refractivity contribution in [2.24, 2.45) is 34.5 Å². The summed E-state index contributed by atoms with van der Waals surface area (Å²) in [6.07, 6.45) is 10.00. The van der Waals surface area contributed by atoms with Gasteiger partial charge in [-0.15, -0.1) is 0 Å². The highest BCUT2D eigenvalue weighted by atomic mass is 32.2. The Bertz CT molecular complexity index is 1050. The topological polar surface area (TPSA) is 107 Å². The van der Waals surface area contributed by atoms with Crippen LogP contribution in [-0.4, -0.2) is 52.0 Å². The van der Waals surface area contributed by atoms with Crippen molar-refractivity contribution in [3.05, 3.63) is 23.8 Å². The molecule has 1 aliphatic heterocycles. The third-order valence-corrected chi connectivity index (χ3v) is 11.4. The molecule has 0 aromatic rings. The van der Waals surface area contributed by atoms with Gasteiger partial charge in [-0.05, 0) is 62.0 Å². The average Bonchev–Trinajstić information content (AvgIpc) is 3.33. The molecule has 1 saturated heterocycles. The Morgan fingerprint density at radius 2 is 1.97 bits per heavy atom. The molecule has 5 aliphatic rings. The summed E-state index contributed by atoms with van der Waals surface area (Å²) in [4.78, 5) is 51.2. The first-order valence-electron chi connectivity index (χ1n) is 13.2.